The van der Waals surface area contributed by atoms with Gasteiger partial charge in [0.05, 0.1) is 12.8 Å². The van der Waals surface area contributed by atoms with Crippen LogP contribution in [-0.2, 0) is 32.2 Å². The number of hydrogen-bond donors (Lipinski definition) is 1. The van der Waals surface area contributed by atoms with Gasteiger partial charge in [0.2, 0.25) is 0 Å². The Bertz CT molecular complexity index is 949. The van der Waals surface area contributed by atoms with Gasteiger partial charge in [0, 0.05) is 36.2 Å². The summed E-state index contributed by atoms with van der Waals surface area (Å²) >= 11 is 0. The largest absolute Gasteiger partial charge is 0.496 e. The Labute approximate surface area is 159 Å². The third-order valence-corrected chi connectivity index (χ3v) is 6.71. The first-order valence-corrected chi connectivity index (χ1v) is 10.2. The quantitative estimate of drug-likeness (QED) is 0.909. The maximum Gasteiger partial charge on any atom is 0.254 e. The van der Waals surface area contributed by atoms with E-state index in [0.717, 1.165) is 48.6 Å². The lowest BCUT2D eigenvalue weighted by Gasteiger charge is -2.28. The lowest BCUT2D eigenvalue weighted by atomic mass is 9.98. The first-order valence-electron chi connectivity index (χ1n) is 10.2. The van der Waals surface area contributed by atoms with Crippen molar-refractivity contribution in [1.29, 1.82) is 0 Å². The van der Waals surface area contributed by atoms with Crippen LogP contribution in [0, 0.1) is 6.92 Å². The summed E-state index contributed by atoms with van der Waals surface area (Å²) < 4.78 is 5.74. The van der Waals surface area contributed by atoms with Crippen molar-refractivity contribution < 1.29 is 4.74 Å². The van der Waals surface area contributed by atoms with Crippen molar-refractivity contribution in [3.8, 4) is 5.75 Å². The smallest absolute Gasteiger partial charge is 0.254 e. The summed E-state index contributed by atoms with van der Waals surface area (Å²) in [4.78, 5) is 22.6. The topological polar surface area (TPSA) is 58.2 Å². The van der Waals surface area contributed by atoms with Gasteiger partial charge in [-0.3, -0.25) is 9.69 Å². The van der Waals surface area contributed by atoms with Crippen LogP contribution in [0.2, 0.25) is 0 Å². The first-order chi connectivity index (χ1) is 13.1. The molecule has 0 saturated carbocycles. The summed E-state index contributed by atoms with van der Waals surface area (Å²) in [5.74, 6) is 1.74. The van der Waals surface area contributed by atoms with E-state index < -0.39 is 0 Å². The Kier molecular flexibility index (Phi) is 4.08. The van der Waals surface area contributed by atoms with Gasteiger partial charge in [-0.2, -0.15) is 0 Å². The normalized spacial score (nSPS) is 23.8. The number of nitrogens with one attached hydrogen (secondary N) is 1. The van der Waals surface area contributed by atoms with Crippen molar-refractivity contribution >= 4 is 0 Å². The average molecular weight is 365 g/mol. The summed E-state index contributed by atoms with van der Waals surface area (Å²) in [7, 11) is 1.78. The number of rotatable bonds is 3. The van der Waals surface area contributed by atoms with E-state index in [4.69, 9.17) is 4.74 Å². The van der Waals surface area contributed by atoms with E-state index in [-0.39, 0.29) is 5.56 Å². The number of fused-ring (bicyclic) bond motifs is 4. The SMILES string of the molecule is COc1cc2c(cc1CN1[C@@H]3CC[C@H]1Cc1nc(C)[nH]c(=O)c1C3)CCC2. The molecular formula is C22H27N3O2. The molecule has 0 amide bonds. The van der Waals surface area contributed by atoms with Gasteiger partial charge in [0.15, 0.2) is 0 Å². The molecule has 0 spiro atoms. The van der Waals surface area contributed by atoms with Crippen LogP contribution in [-0.4, -0.2) is 34.1 Å². The Hall–Kier alpha value is -2.14. The standard InChI is InChI=1S/C22H27N3O2/c1-13-23-20-11-18-7-6-17(10-19(20)22(26)24-13)25(18)12-16-8-14-4-3-5-15(14)9-21(16)27-2/h8-9,17-18H,3-7,10-12H2,1-2H3,(H,23,24,26)/t17-,18+/m1/s1. The molecule has 1 aliphatic carbocycles. The highest BCUT2D eigenvalue weighted by Gasteiger charge is 2.38. The molecule has 1 fully saturated rings. The van der Waals surface area contributed by atoms with Crippen LogP contribution in [0.5, 0.6) is 5.75 Å². The lowest BCUT2D eigenvalue weighted by Crippen LogP contribution is -2.36. The van der Waals surface area contributed by atoms with E-state index in [1.807, 2.05) is 6.92 Å². The minimum Gasteiger partial charge on any atom is -0.496 e. The molecule has 1 aromatic carbocycles. The van der Waals surface area contributed by atoms with Gasteiger partial charge in [-0.15, -0.1) is 0 Å². The van der Waals surface area contributed by atoms with Crippen LogP contribution in [0.3, 0.4) is 0 Å². The van der Waals surface area contributed by atoms with Crippen molar-refractivity contribution in [1.82, 2.24) is 14.9 Å². The molecule has 2 atom stereocenters. The number of benzene rings is 1. The molecule has 5 rings (SSSR count). The summed E-state index contributed by atoms with van der Waals surface area (Å²) in [6.07, 6.45) is 7.63. The molecule has 3 heterocycles. The van der Waals surface area contributed by atoms with Crippen LogP contribution in [0.25, 0.3) is 0 Å². The fraction of sp³-hybridized carbons (Fsp3) is 0.545. The van der Waals surface area contributed by atoms with E-state index in [9.17, 15) is 4.79 Å². The highest BCUT2D eigenvalue weighted by molar-refractivity contribution is 5.45. The second-order valence-corrected chi connectivity index (χ2v) is 8.33. The Morgan fingerprint density at radius 3 is 2.70 bits per heavy atom. The van der Waals surface area contributed by atoms with Gasteiger partial charge >= 0.3 is 0 Å². The number of hydrogen-bond acceptors (Lipinski definition) is 4. The van der Waals surface area contributed by atoms with Crippen LogP contribution < -0.4 is 10.3 Å². The Morgan fingerprint density at radius 2 is 1.93 bits per heavy atom. The predicted molar refractivity (Wildman–Crippen MR) is 104 cm³/mol. The van der Waals surface area contributed by atoms with E-state index in [0.29, 0.717) is 12.1 Å². The van der Waals surface area contributed by atoms with Gasteiger partial charge in [-0.25, -0.2) is 4.98 Å². The number of ether oxygens (including phenoxy) is 1. The van der Waals surface area contributed by atoms with Crippen molar-refractivity contribution in [3.63, 3.8) is 0 Å². The van der Waals surface area contributed by atoms with Gasteiger partial charge in [0.1, 0.15) is 11.6 Å². The van der Waals surface area contributed by atoms with Gasteiger partial charge in [-0.05, 0) is 62.6 Å². The number of H-pyrrole nitrogens is 1. The molecule has 2 aliphatic heterocycles. The van der Waals surface area contributed by atoms with Gasteiger partial charge in [-0.1, -0.05) is 6.07 Å². The number of aromatic amines is 1. The highest BCUT2D eigenvalue weighted by atomic mass is 16.5. The summed E-state index contributed by atoms with van der Waals surface area (Å²) in [5, 5.41) is 0. The molecule has 2 bridgehead atoms. The maximum atomic E-state index is 12.5. The first kappa shape index (κ1) is 17.0. The number of aryl methyl sites for hydroxylation is 3. The van der Waals surface area contributed by atoms with Crippen molar-refractivity contribution in [3.05, 3.63) is 56.3 Å². The van der Waals surface area contributed by atoms with Crippen LogP contribution >= 0.6 is 0 Å². The zero-order chi connectivity index (χ0) is 18.5. The third kappa shape index (κ3) is 2.89. The molecular weight excluding hydrogens is 338 g/mol. The molecule has 1 aromatic heterocycles. The van der Waals surface area contributed by atoms with Crippen LogP contribution in [0.1, 0.15) is 53.0 Å². The molecule has 3 aliphatic rings. The summed E-state index contributed by atoms with van der Waals surface area (Å²) in [5.41, 5.74) is 6.20. The van der Waals surface area contributed by atoms with Crippen LogP contribution in [0.15, 0.2) is 16.9 Å². The second-order valence-electron chi connectivity index (χ2n) is 8.33. The van der Waals surface area contributed by atoms with Crippen molar-refractivity contribution in [2.75, 3.05) is 7.11 Å². The summed E-state index contributed by atoms with van der Waals surface area (Å²) in [6.45, 7) is 2.77. The van der Waals surface area contributed by atoms with Crippen molar-refractivity contribution in [2.24, 2.45) is 0 Å². The fourth-order valence-electron chi connectivity index (χ4n) is 5.38. The highest BCUT2D eigenvalue weighted by Crippen LogP contribution is 2.37. The molecule has 2 aromatic rings. The molecule has 0 radical (unpaired) electrons. The second kappa shape index (κ2) is 6.48. The average Bonchev–Trinajstić information content (AvgIpc) is 3.19. The zero-order valence-electron chi connectivity index (χ0n) is 16.2. The van der Waals surface area contributed by atoms with Gasteiger partial charge < -0.3 is 9.72 Å². The van der Waals surface area contributed by atoms with E-state index in [2.05, 4.69) is 27.0 Å². The lowest BCUT2D eigenvalue weighted by molar-refractivity contribution is 0.185. The number of methoxy groups -OCH3 is 1. The van der Waals surface area contributed by atoms with E-state index in [1.54, 1.807) is 7.11 Å². The molecule has 1 N–H and O–H groups in total. The van der Waals surface area contributed by atoms with Crippen LogP contribution in [0.4, 0.5) is 0 Å². The Balaban J connectivity index is 1.48. The fourth-order valence-corrected chi connectivity index (χ4v) is 5.38. The zero-order valence-corrected chi connectivity index (χ0v) is 16.2. The number of nitrogens with zero attached hydrogens (tertiary/aromatic N) is 2. The van der Waals surface area contributed by atoms with E-state index >= 15 is 0 Å². The molecule has 5 nitrogen and oxygen atoms in total. The minimum absolute atomic E-state index is 0.0557. The number of aromatic nitrogens is 2. The molecule has 1 saturated heterocycles. The predicted octanol–water partition coefficient (Wildman–Crippen LogP) is 2.71. The molecule has 5 heteroatoms. The maximum absolute atomic E-state index is 12.5. The monoisotopic (exact) mass is 365 g/mol. The molecule has 142 valence electrons. The van der Waals surface area contributed by atoms with E-state index in [1.165, 1.54) is 42.4 Å². The van der Waals surface area contributed by atoms with Gasteiger partial charge in [0.25, 0.3) is 5.56 Å². The Morgan fingerprint density at radius 1 is 1.19 bits per heavy atom. The van der Waals surface area contributed by atoms with Crippen molar-refractivity contribution in [2.45, 2.75) is 70.5 Å². The third-order valence-electron chi connectivity index (χ3n) is 6.71. The molecule has 0 unspecified atom stereocenters. The minimum atomic E-state index is 0.0557. The molecule has 27 heavy (non-hydrogen) atoms. The summed E-state index contributed by atoms with van der Waals surface area (Å²) in [6, 6.07) is 5.50.